The van der Waals surface area contributed by atoms with Crippen LogP contribution < -0.4 is 0 Å². The summed E-state index contributed by atoms with van der Waals surface area (Å²) in [5, 5.41) is 3.22. The van der Waals surface area contributed by atoms with Crippen molar-refractivity contribution in [3.63, 3.8) is 0 Å². The van der Waals surface area contributed by atoms with E-state index in [2.05, 4.69) is 20.2 Å². The van der Waals surface area contributed by atoms with Crippen LogP contribution >= 0.6 is 11.3 Å². The van der Waals surface area contributed by atoms with E-state index < -0.39 is 0 Å². The Balaban J connectivity index is 1.57. The second kappa shape index (κ2) is 10.3. The molecule has 5 nitrogen and oxygen atoms in total. The van der Waals surface area contributed by atoms with Gasteiger partial charge in [-0.15, -0.1) is 11.3 Å². The molecule has 158 valence electrons. The summed E-state index contributed by atoms with van der Waals surface area (Å²) in [5.41, 5.74) is 2.09. The molecule has 0 radical (unpaired) electrons. The lowest BCUT2D eigenvalue weighted by Gasteiger charge is -2.34. The van der Waals surface area contributed by atoms with Gasteiger partial charge in [0.05, 0.1) is 10.7 Å². The summed E-state index contributed by atoms with van der Waals surface area (Å²) in [6, 6.07) is 6.46. The molecule has 0 N–H and O–H groups in total. The lowest BCUT2D eigenvalue weighted by molar-refractivity contribution is -0.138. The number of nitrogens with zero attached hydrogens (tertiary/aromatic N) is 4. The summed E-state index contributed by atoms with van der Waals surface area (Å²) in [5.74, 6) is 0.0361. The van der Waals surface area contributed by atoms with Crippen LogP contribution in [-0.2, 0) is 17.9 Å². The third-order valence-corrected chi connectivity index (χ3v) is 6.23. The summed E-state index contributed by atoms with van der Waals surface area (Å²) in [6.07, 6.45) is 1.76. The Hall–Kier alpha value is -1.83. The van der Waals surface area contributed by atoms with Crippen LogP contribution in [0.5, 0.6) is 0 Å². The molecule has 2 aromatic rings. The minimum atomic E-state index is -0.248. The van der Waals surface area contributed by atoms with Crippen LogP contribution in [-0.4, -0.2) is 65.9 Å². The van der Waals surface area contributed by atoms with E-state index in [0.29, 0.717) is 13.1 Å². The fourth-order valence-electron chi connectivity index (χ4n) is 3.70. The van der Waals surface area contributed by atoms with E-state index in [1.165, 1.54) is 12.1 Å². The summed E-state index contributed by atoms with van der Waals surface area (Å²) < 4.78 is 13.2. The van der Waals surface area contributed by atoms with Gasteiger partial charge in [0.1, 0.15) is 5.82 Å². The molecule has 2 heterocycles. The number of hydrogen-bond donors (Lipinski definition) is 0. The summed E-state index contributed by atoms with van der Waals surface area (Å²) in [7, 11) is 4.03. The zero-order valence-electron chi connectivity index (χ0n) is 17.6. The SMILES string of the molecule is Cc1nc(CN2CCC(C(=O)N(CCN(C)C)Cc3ccc(F)cc3)CC2)cs1. The largest absolute Gasteiger partial charge is 0.337 e. The van der Waals surface area contributed by atoms with Gasteiger partial charge in [0.15, 0.2) is 0 Å². The van der Waals surface area contributed by atoms with Gasteiger partial charge in [0.25, 0.3) is 0 Å². The number of likely N-dealkylation sites (N-methyl/N-ethyl adjacent to an activating group) is 1. The highest BCUT2D eigenvalue weighted by molar-refractivity contribution is 7.09. The number of benzene rings is 1. The molecule has 7 heteroatoms. The molecule has 1 fully saturated rings. The van der Waals surface area contributed by atoms with Crippen LogP contribution in [0, 0.1) is 18.7 Å². The molecule has 29 heavy (non-hydrogen) atoms. The second-order valence-electron chi connectivity index (χ2n) is 8.10. The zero-order valence-corrected chi connectivity index (χ0v) is 18.4. The number of aromatic nitrogens is 1. The van der Waals surface area contributed by atoms with Crippen LogP contribution in [0.4, 0.5) is 4.39 Å². The van der Waals surface area contributed by atoms with Crippen molar-refractivity contribution in [2.24, 2.45) is 5.92 Å². The van der Waals surface area contributed by atoms with Gasteiger partial charge in [0.2, 0.25) is 5.91 Å². The number of carbonyl (C=O) groups excluding carboxylic acids is 1. The Morgan fingerprint density at radius 3 is 2.48 bits per heavy atom. The van der Waals surface area contributed by atoms with Gasteiger partial charge in [-0.2, -0.15) is 0 Å². The Labute approximate surface area is 177 Å². The molecular weight excluding hydrogens is 387 g/mol. The summed E-state index contributed by atoms with van der Waals surface area (Å²) in [6.45, 7) is 6.77. The van der Waals surface area contributed by atoms with Gasteiger partial charge in [0, 0.05) is 37.5 Å². The van der Waals surface area contributed by atoms with E-state index in [4.69, 9.17) is 0 Å². The quantitative estimate of drug-likeness (QED) is 0.659. The Bertz CT molecular complexity index is 784. The van der Waals surface area contributed by atoms with E-state index in [9.17, 15) is 9.18 Å². The second-order valence-corrected chi connectivity index (χ2v) is 9.16. The molecule has 0 atom stereocenters. The molecule has 0 bridgehead atoms. The highest BCUT2D eigenvalue weighted by atomic mass is 32.1. The number of likely N-dealkylation sites (tertiary alicyclic amines) is 1. The van der Waals surface area contributed by atoms with E-state index >= 15 is 0 Å². The Morgan fingerprint density at radius 1 is 1.21 bits per heavy atom. The number of amides is 1. The van der Waals surface area contributed by atoms with Crippen molar-refractivity contribution in [2.45, 2.75) is 32.9 Å². The number of rotatable bonds is 8. The predicted octanol–water partition coefficient (Wildman–Crippen LogP) is 3.39. The van der Waals surface area contributed by atoms with Gasteiger partial charge in [-0.1, -0.05) is 12.1 Å². The molecule has 0 aliphatic carbocycles. The molecule has 3 rings (SSSR count). The lowest BCUT2D eigenvalue weighted by atomic mass is 9.95. The first-order valence-corrected chi connectivity index (χ1v) is 11.1. The molecule has 1 aromatic carbocycles. The monoisotopic (exact) mass is 418 g/mol. The van der Waals surface area contributed by atoms with Crippen LogP contribution in [0.25, 0.3) is 0 Å². The molecule has 0 saturated carbocycles. The number of hydrogen-bond acceptors (Lipinski definition) is 5. The van der Waals surface area contributed by atoms with Crippen molar-refractivity contribution >= 4 is 17.2 Å². The van der Waals surface area contributed by atoms with Gasteiger partial charge >= 0.3 is 0 Å². The Kier molecular flexibility index (Phi) is 7.75. The third kappa shape index (κ3) is 6.59. The first kappa shape index (κ1) is 21.9. The average molecular weight is 419 g/mol. The normalized spacial score (nSPS) is 15.8. The molecule has 1 aliphatic rings. The molecular formula is C22H31FN4OS. The van der Waals surface area contributed by atoms with Gasteiger partial charge in [-0.25, -0.2) is 9.37 Å². The van der Waals surface area contributed by atoms with Crippen molar-refractivity contribution in [2.75, 3.05) is 40.3 Å². The molecule has 0 unspecified atom stereocenters. The predicted molar refractivity (Wildman–Crippen MR) is 115 cm³/mol. The van der Waals surface area contributed by atoms with Crippen molar-refractivity contribution in [3.05, 3.63) is 51.7 Å². The number of thiazole rings is 1. The van der Waals surface area contributed by atoms with Gasteiger partial charge < -0.3 is 9.80 Å². The maximum absolute atomic E-state index is 13.3. The number of aryl methyl sites for hydroxylation is 1. The lowest BCUT2D eigenvalue weighted by Crippen LogP contribution is -2.44. The molecule has 1 aromatic heterocycles. The highest BCUT2D eigenvalue weighted by Gasteiger charge is 2.29. The van der Waals surface area contributed by atoms with Gasteiger partial charge in [-0.3, -0.25) is 9.69 Å². The van der Waals surface area contributed by atoms with Crippen molar-refractivity contribution in [1.29, 1.82) is 0 Å². The molecule has 1 saturated heterocycles. The highest BCUT2D eigenvalue weighted by Crippen LogP contribution is 2.23. The number of carbonyl (C=O) groups is 1. The first-order chi connectivity index (χ1) is 13.9. The van der Waals surface area contributed by atoms with Crippen LogP contribution in [0.2, 0.25) is 0 Å². The fraction of sp³-hybridized carbons (Fsp3) is 0.545. The first-order valence-electron chi connectivity index (χ1n) is 10.2. The van der Waals surface area contributed by atoms with E-state index in [1.54, 1.807) is 23.5 Å². The number of piperidine rings is 1. The van der Waals surface area contributed by atoms with Crippen molar-refractivity contribution in [1.82, 2.24) is 19.7 Å². The average Bonchev–Trinajstić information content (AvgIpc) is 3.11. The van der Waals surface area contributed by atoms with Crippen molar-refractivity contribution in [3.8, 4) is 0 Å². The maximum Gasteiger partial charge on any atom is 0.226 e. The standard InChI is InChI=1S/C22H31FN4OS/c1-17-24-21(16-29-17)15-26-10-8-19(9-11-26)22(28)27(13-12-25(2)3)14-18-4-6-20(23)7-5-18/h4-7,16,19H,8-15H2,1-3H3. The third-order valence-electron chi connectivity index (χ3n) is 5.40. The van der Waals surface area contributed by atoms with Crippen LogP contribution in [0.15, 0.2) is 29.6 Å². The fourth-order valence-corrected chi connectivity index (χ4v) is 4.31. The minimum absolute atomic E-state index is 0.0611. The number of halogens is 1. The topological polar surface area (TPSA) is 39.7 Å². The van der Waals surface area contributed by atoms with Crippen LogP contribution in [0.1, 0.15) is 29.1 Å². The summed E-state index contributed by atoms with van der Waals surface area (Å²) in [4.78, 5) is 24.2. The maximum atomic E-state index is 13.3. The molecule has 0 spiro atoms. The molecule has 1 aliphatic heterocycles. The van der Waals surface area contributed by atoms with E-state index in [0.717, 1.165) is 55.3 Å². The summed E-state index contributed by atoms with van der Waals surface area (Å²) >= 11 is 1.69. The van der Waals surface area contributed by atoms with Crippen LogP contribution in [0.3, 0.4) is 0 Å². The van der Waals surface area contributed by atoms with E-state index in [1.807, 2.05) is 25.9 Å². The van der Waals surface area contributed by atoms with E-state index in [-0.39, 0.29) is 17.6 Å². The van der Waals surface area contributed by atoms with Crippen molar-refractivity contribution < 1.29 is 9.18 Å². The Morgan fingerprint density at radius 2 is 1.90 bits per heavy atom. The van der Waals surface area contributed by atoms with Gasteiger partial charge in [-0.05, 0) is 64.6 Å². The minimum Gasteiger partial charge on any atom is -0.337 e. The zero-order chi connectivity index (χ0) is 20.8. The smallest absolute Gasteiger partial charge is 0.226 e. The molecule has 1 amide bonds.